The van der Waals surface area contributed by atoms with Gasteiger partial charge in [0.05, 0.1) is 11.4 Å². The standard InChI is InChI=1S/C28H26N2O4S/c1-19(2)23-10-6-7-11-24(23)29-26(31)18-34-22-14-12-20(13-15-22)16-25-27(32)30(28(33)35-25)17-21-8-4-3-5-9-21/h3-16,19H,17-18H2,1-2H3,(H,29,31)/b25-16-. The lowest BCUT2D eigenvalue weighted by Crippen LogP contribution is -2.27. The van der Waals surface area contributed by atoms with E-state index in [2.05, 4.69) is 19.2 Å². The third-order valence-electron chi connectivity index (χ3n) is 5.46. The minimum Gasteiger partial charge on any atom is -0.484 e. The van der Waals surface area contributed by atoms with Gasteiger partial charge in [-0.3, -0.25) is 19.3 Å². The molecule has 35 heavy (non-hydrogen) atoms. The second kappa shape index (κ2) is 11.1. The zero-order chi connectivity index (χ0) is 24.8. The average Bonchev–Trinajstić information content (AvgIpc) is 3.11. The van der Waals surface area contributed by atoms with Gasteiger partial charge in [0.15, 0.2) is 6.61 Å². The van der Waals surface area contributed by atoms with Crippen molar-refractivity contribution >= 4 is 40.6 Å². The van der Waals surface area contributed by atoms with Crippen LogP contribution in [0.4, 0.5) is 10.5 Å². The van der Waals surface area contributed by atoms with E-state index >= 15 is 0 Å². The Balaban J connectivity index is 1.34. The van der Waals surface area contributed by atoms with Crippen molar-refractivity contribution in [1.82, 2.24) is 4.90 Å². The number of imide groups is 1. The predicted octanol–water partition coefficient (Wildman–Crippen LogP) is 6.06. The Morgan fingerprint density at radius 2 is 1.66 bits per heavy atom. The summed E-state index contributed by atoms with van der Waals surface area (Å²) in [6.07, 6.45) is 1.69. The number of hydrogen-bond donors (Lipinski definition) is 1. The number of para-hydroxylation sites is 1. The first-order chi connectivity index (χ1) is 16.9. The van der Waals surface area contributed by atoms with Gasteiger partial charge >= 0.3 is 0 Å². The molecule has 1 heterocycles. The molecule has 6 nitrogen and oxygen atoms in total. The quantitative estimate of drug-likeness (QED) is 0.392. The summed E-state index contributed by atoms with van der Waals surface area (Å²) in [5.74, 6) is 0.281. The molecular formula is C28H26N2O4S. The molecule has 1 N–H and O–H groups in total. The number of thioether (sulfide) groups is 1. The van der Waals surface area contributed by atoms with Crippen LogP contribution in [0.25, 0.3) is 6.08 Å². The van der Waals surface area contributed by atoms with Crippen molar-refractivity contribution in [2.24, 2.45) is 0 Å². The summed E-state index contributed by atoms with van der Waals surface area (Å²) in [5, 5.41) is 2.62. The SMILES string of the molecule is CC(C)c1ccccc1NC(=O)COc1ccc(/C=C2\SC(=O)N(Cc3ccccc3)C2=O)cc1. The van der Waals surface area contributed by atoms with Gasteiger partial charge in [-0.15, -0.1) is 0 Å². The van der Waals surface area contributed by atoms with Crippen LogP contribution in [-0.4, -0.2) is 28.6 Å². The lowest BCUT2D eigenvalue weighted by molar-refractivity contribution is -0.123. The molecule has 0 radical (unpaired) electrons. The van der Waals surface area contributed by atoms with Crippen LogP contribution in [0.2, 0.25) is 0 Å². The maximum atomic E-state index is 12.7. The molecule has 0 aliphatic carbocycles. The van der Waals surface area contributed by atoms with Gasteiger partial charge in [0.25, 0.3) is 17.1 Å². The van der Waals surface area contributed by atoms with Crippen molar-refractivity contribution in [2.45, 2.75) is 26.3 Å². The highest BCUT2D eigenvalue weighted by atomic mass is 32.2. The van der Waals surface area contributed by atoms with E-state index in [1.807, 2.05) is 54.6 Å². The molecule has 0 atom stereocenters. The van der Waals surface area contributed by atoms with Crippen molar-refractivity contribution < 1.29 is 19.1 Å². The number of nitrogens with zero attached hydrogens (tertiary/aromatic N) is 1. The number of amides is 3. The molecule has 0 spiro atoms. The first-order valence-electron chi connectivity index (χ1n) is 11.3. The van der Waals surface area contributed by atoms with Crippen LogP contribution in [0.5, 0.6) is 5.75 Å². The van der Waals surface area contributed by atoms with Crippen molar-refractivity contribution in [3.63, 3.8) is 0 Å². The molecule has 0 unspecified atom stereocenters. The van der Waals surface area contributed by atoms with Gasteiger partial charge < -0.3 is 10.1 Å². The lowest BCUT2D eigenvalue weighted by Gasteiger charge is -2.14. The Labute approximate surface area is 209 Å². The summed E-state index contributed by atoms with van der Waals surface area (Å²) < 4.78 is 5.62. The first-order valence-corrected chi connectivity index (χ1v) is 12.1. The second-order valence-corrected chi connectivity index (χ2v) is 9.39. The van der Waals surface area contributed by atoms with Gasteiger partial charge in [-0.2, -0.15) is 0 Å². The van der Waals surface area contributed by atoms with E-state index in [-0.39, 0.29) is 30.2 Å². The second-order valence-electron chi connectivity index (χ2n) is 8.40. The van der Waals surface area contributed by atoms with Crippen molar-refractivity contribution in [3.8, 4) is 5.75 Å². The van der Waals surface area contributed by atoms with Crippen LogP contribution in [0.3, 0.4) is 0 Å². The van der Waals surface area contributed by atoms with E-state index in [9.17, 15) is 14.4 Å². The van der Waals surface area contributed by atoms with E-state index in [4.69, 9.17) is 4.74 Å². The molecule has 4 rings (SSSR count). The lowest BCUT2D eigenvalue weighted by atomic mass is 10.0. The van der Waals surface area contributed by atoms with Crippen LogP contribution in [0.1, 0.15) is 36.5 Å². The van der Waals surface area contributed by atoms with Crippen molar-refractivity contribution in [1.29, 1.82) is 0 Å². The molecular weight excluding hydrogens is 460 g/mol. The Kier molecular flexibility index (Phi) is 7.67. The Morgan fingerprint density at radius 1 is 0.971 bits per heavy atom. The Morgan fingerprint density at radius 3 is 2.37 bits per heavy atom. The zero-order valence-electron chi connectivity index (χ0n) is 19.6. The maximum absolute atomic E-state index is 12.7. The van der Waals surface area contributed by atoms with Crippen molar-refractivity contribution in [3.05, 3.63) is 100 Å². The number of anilines is 1. The third-order valence-corrected chi connectivity index (χ3v) is 6.37. The molecule has 7 heteroatoms. The molecule has 3 aromatic rings. The Bertz CT molecular complexity index is 1250. The number of ether oxygens (including phenoxy) is 1. The average molecular weight is 487 g/mol. The largest absolute Gasteiger partial charge is 0.484 e. The minimum absolute atomic E-state index is 0.121. The molecule has 1 aliphatic heterocycles. The normalized spacial score (nSPS) is 14.6. The molecule has 3 amide bonds. The predicted molar refractivity (Wildman–Crippen MR) is 139 cm³/mol. The van der Waals surface area contributed by atoms with Gasteiger partial charge in [-0.1, -0.05) is 74.5 Å². The third kappa shape index (κ3) is 6.19. The zero-order valence-corrected chi connectivity index (χ0v) is 20.4. The summed E-state index contributed by atoms with van der Waals surface area (Å²) in [4.78, 5) is 39.1. The summed E-state index contributed by atoms with van der Waals surface area (Å²) in [7, 11) is 0. The monoisotopic (exact) mass is 486 g/mol. The molecule has 1 aliphatic rings. The Hall–Kier alpha value is -3.84. The van der Waals surface area contributed by atoms with Gasteiger partial charge in [0.2, 0.25) is 0 Å². The summed E-state index contributed by atoms with van der Waals surface area (Å²) in [6.45, 7) is 4.28. The number of carbonyl (C=O) groups excluding carboxylic acids is 3. The van der Waals surface area contributed by atoms with E-state index in [1.165, 1.54) is 4.90 Å². The summed E-state index contributed by atoms with van der Waals surface area (Å²) in [6, 6.07) is 24.2. The smallest absolute Gasteiger partial charge is 0.293 e. The van der Waals surface area contributed by atoms with Gasteiger partial charge in [-0.25, -0.2) is 0 Å². The molecule has 0 bridgehead atoms. The topological polar surface area (TPSA) is 75.7 Å². The fourth-order valence-electron chi connectivity index (χ4n) is 3.66. The van der Waals surface area contributed by atoms with E-state index in [1.54, 1.807) is 30.3 Å². The van der Waals surface area contributed by atoms with Gasteiger partial charge in [0, 0.05) is 5.69 Å². The highest BCUT2D eigenvalue weighted by Gasteiger charge is 2.34. The van der Waals surface area contributed by atoms with Gasteiger partial charge in [0.1, 0.15) is 5.75 Å². The van der Waals surface area contributed by atoms with E-state index in [0.29, 0.717) is 16.6 Å². The van der Waals surface area contributed by atoms with E-state index in [0.717, 1.165) is 34.1 Å². The van der Waals surface area contributed by atoms with Gasteiger partial charge in [-0.05, 0) is 58.6 Å². The number of hydrogen-bond acceptors (Lipinski definition) is 5. The van der Waals surface area contributed by atoms with E-state index < -0.39 is 0 Å². The minimum atomic E-state index is -0.303. The fraction of sp³-hybridized carbons (Fsp3) is 0.179. The molecule has 178 valence electrons. The summed E-state index contributed by atoms with van der Waals surface area (Å²) >= 11 is 0.933. The highest BCUT2D eigenvalue weighted by molar-refractivity contribution is 8.18. The highest BCUT2D eigenvalue weighted by Crippen LogP contribution is 2.33. The first kappa shape index (κ1) is 24.3. The molecule has 1 fully saturated rings. The number of benzene rings is 3. The van der Waals surface area contributed by atoms with Crippen LogP contribution in [-0.2, 0) is 16.1 Å². The van der Waals surface area contributed by atoms with Crippen molar-refractivity contribution in [2.75, 3.05) is 11.9 Å². The maximum Gasteiger partial charge on any atom is 0.293 e. The van der Waals surface area contributed by atoms with Crippen LogP contribution in [0, 0.1) is 0 Å². The van der Waals surface area contributed by atoms with Crippen LogP contribution in [0.15, 0.2) is 83.8 Å². The van der Waals surface area contributed by atoms with Crippen LogP contribution < -0.4 is 10.1 Å². The van der Waals surface area contributed by atoms with Crippen LogP contribution >= 0.6 is 11.8 Å². The number of carbonyl (C=O) groups is 3. The number of nitrogens with one attached hydrogen (secondary N) is 1. The summed E-state index contributed by atoms with van der Waals surface area (Å²) in [5.41, 5.74) is 3.51. The number of rotatable bonds is 8. The fourth-order valence-corrected chi connectivity index (χ4v) is 4.50. The molecule has 3 aromatic carbocycles. The molecule has 1 saturated heterocycles. The molecule has 0 saturated carbocycles. The molecule has 0 aromatic heterocycles.